The highest BCUT2D eigenvalue weighted by Crippen LogP contribution is 2.42. The smallest absolute Gasteiger partial charge is 0.307 e. The van der Waals surface area contributed by atoms with Crippen molar-refractivity contribution in [2.24, 2.45) is 0 Å². The second-order valence-corrected chi connectivity index (χ2v) is 7.77. The van der Waals surface area contributed by atoms with Crippen LogP contribution >= 0.6 is 43.5 Å². The second kappa shape index (κ2) is 9.09. The summed E-state index contributed by atoms with van der Waals surface area (Å²) in [6, 6.07) is 4.49. The van der Waals surface area contributed by atoms with E-state index in [4.69, 9.17) is 16.7 Å². The summed E-state index contributed by atoms with van der Waals surface area (Å²) in [6.45, 7) is 1.67. The van der Waals surface area contributed by atoms with E-state index in [2.05, 4.69) is 37.2 Å². The molecule has 0 amide bonds. The summed E-state index contributed by atoms with van der Waals surface area (Å²) in [5.41, 5.74) is -0.336. The molecular weight excluding hydrogens is 510 g/mol. The summed E-state index contributed by atoms with van der Waals surface area (Å²) in [5, 5.41) is 23.6. The highest BCUT2D eigenvalue weighted by molar-refractivity contribution is 9.11. The molecule has 0 unspecified atom stereocenters. The number of hydrogen-bond acceptors (Lipinski definition) is 5. The molecule has 0 fully saturated rings. The van der Waals surface area contributed by atoms with Gasteiger partial charge in [-0.1, -0.05) is 11.6 Å². The average Bonchev–Trinajstić information content (AvgIpc) is 2.56. The Kier molecular flexibility index (Phi) is 7.32. The van der Waals surface area contributed by atoms with E-state index in [-0.39, 0.29) is 49.1 Å². The highest BCUT2D eigenvalue weighted by Gasteiger charge is 2.29. The molecule has 10 heteroatoms. The number of aliphatic hydroxyl groups is 1. The Labute approximate surface area is 176 Å². The molecule has 1 atom stereocenters. The lowest BCUT2D eigenvalue weighted by atomic mass is 10.0. The number of aliphatic hydroxyl groups excluding tert-OH is 1. The normalized spacial score (nSPS) is 11.9. The van der Waals surface area contributed by atoms with E-state index in [1.165, 1.54) is 12.1 Å². The monoisotopic (exact) mass is 522 g/mol. The van der Waals surface area contributed by atoms with Crippen molar-refractivity contribution in [3.05, 3.63) is 65.3 Å². The Balaban J connectivity index is 2.61. The van der Waals surface area contributed by atoms with E-state index in [0.717, 1.165) is 12.1 Å². The van der Waals surface area contributed by atoms with Crippen molar-refractivity contribution in [1.29, 1.82) is 0 Å². The Hall–Kier alpha value is -1.55. The molecule has 0 saturated carbocycles. The van der Waals surface area contributed by atoms with Crippen molar-refractivity contribution in [2.75, 3.05) is 11.9 Å². The molecule has 2 rings (SSSR count). The number of anilines is 1. The molecule has 0 saturated heterocycles. The van der Waals surface area contributed by atoms with Gasteiger partial charge in [0.2, 0.25) is 0 Å². The number of nitro groups is 1. The maximum Gasteiger partial charge on any atom is 0.307 e. The van der Waals surface area contributed by atoms with Crippen LogP contribution in [0.15, 0.2) is 33.2 Å². The number of nitrogens with zero attached hydrogens (tertiary/aromatic N) is 1. The lowest BCUT2D eigenvalue weighted by Gasteiger charge is -2.17. The number of rotatable bonds is 7. The van der Waals surface area contributed by atoms with E-state index < -0.39 is 16.5 Å². The number of benzene rings is 2. The predicted octanol–water partition coefficient (Wildman–Crippen LogP) is 5.33. The topological polar surface area (TPSA) is 92.5 Å². The van der Waals surface area contributed by atoms with Crippen molar-refractivity contribution in [3.63, 3.8) is 0 Å². The number of halogens is 4. The molecular formula is C17H14Br2ClFN2O4. The van der Waals surface area contributed by atoms with E-state index in [1.54, 1.807) is 6.92 Å². The van der Waals surface area contributed by atoms with Crippen LogP contribution in [0, 0.1) is 15.9 Å². The fraction of sp³-hybridized carbons (Fsp3) is 0.235. The Morgan fingerprint density at radius 2 is 2.07 bits per heavy atom. The van der Waals surface area contributed by atoms with Crippen LogP contribution in [-0.2, 0) is 0 Å². The first-order chi connectivity index (χ1) is 12.7. The molecule has 0 aliphatic heterocycles. The molecule has 0 bridgehead atoms. The summed E-state index contributed by atoms with van der Waals surface area (Å²) < 4.78 is 13.7. The van der Waals surface area contributed by atoms with Crippen LogP contribution in [0.5, 0.6) is 0 Å². The quantitative estimate of drug-likeness (QED) is 0.290. The Morgan fingerprint density at radius 3 is 2.67 bits per heavy atom. The van der Waals surface area contributed by atoms with Crippen LogP contribution < -0.4 is 5.32 Å². The number of carbonyl (C=O) groups excluding carboxylic acids is 1. The highest BCUT2D eigenvalue weighted by atomic mass is 79.9. The van der Waals surface area contributed by atoms with Crippen LogP contribution in [0.4, 0.5) is 15.8 Å². The van der Waals surface area contributed by atoms with Gasteiger partial charge in [0.25, 0.3) is 0 Å². The van der Waals surface area contributed by atoms with Gasteiger partial charge in [-0.05, 0) is 69.5 Å². The number of ketones is 1. The third-order valence-electron chi connectivity index (χ3n) is 3.74. The number of hydrogen-bond donors (Lipinski definition) is 2. The average molecular weight is 525 g/mol. The lowest BCUT2D eigenvalue weighted by Crippen LogP contribution is -2.18. The Bertz CT molecular complexity index is 911. The molecule has 2 aromatic rings. The Morgan fingerprint density at radius 1 is 1.41 bits per heavy atom. The summed E-state index contributed by atoms with van der Waals surface area (Å²) in [7, 11) is 0. The fourth-order valence-corrected chi connectivity index (χ4v) is 4.27. The van der Waals surface area contributed by atoms with Gasteiger partial charge in [0.1, 0.15) is 16.0 Å². The van der Waals surface area contributed by atoms with Crippen LogP contribution in [-0.4, -0.2) is 28.5 Å². The minimum Gasteiger partial charge on any atom is -0.396 e. The summed E-state index contributed by atoms with van der Waals surface area (Å²) in [5.74, 6) is -1.32. The molecule has 0 radical (unpaired) electrons. The van der Waals surface area contributed by atoms with Crippen molar-refractivity contribution in [2.45, 2.75) is 19.4 Å². The minimum absolute atomic E-state index is 0.0293. The summed E-state index contributed by atoms with van der Waals surface area (Å²) in [4.78, 5) is 23.9. The first-order valence-electron chi connectivity index (χ1n) is 7.70. The first-order valence-corrected chi connectivity index (χ1v) is 9.67. The zero-order chi connectivity index (χ0) is 20.3. The van der Waals surface area contributed by atoms with Gasteiger partial charge >= 0.3 is 5.69 Å². The van der Waals surface area contributed by atoms with Gasteiger partial charge in [-0.15, -0.1) is 0 Å². The number of nitrogens with one attached hydrogen (secondary N) is 1. The van der Waals surface area contributed by atoms with Crippen molar-refractivity contribution in [3.8, 4) is 0 Å². The summed E-state index contributed by atoms with van der Waals surface area (Å²) in [6.07, 6.45) is 0.381. The standard InChI is InChI=1S/C17H14Br2ClFN2O4/c1-8(4-5-24)22-13-7-11(18)14(15(19)16(13)23(26)27)17(25)10-6-9(21)2-3-12(10)20/h2-3,6-8,22,24H,4-5H2,1H3/t8-/m1/s1. The van der Waals surface area contributed by atoms with E-state index >= 15 is 0 Å². The zero-order valence-electron chi connectivity index (χ0n) is 13.9. The third-order valence-corrected chi connectivity index (χ3v) is 5.47. The van der Waals surface area contributed by atoms with Crippen LogP contribution in [0.3, 0.4) is 0 Å². The maximum atomic E-state index is 13.5. The van der Waals surface area contributed by atoms with Gasteiger partial charge in [-0.3, -0.25) is 14.9 Å². The molecule has 0 aromatic heterocycles. The second-order valence-electron chi connectivity index (χ2n) is 5.71. The van der Waals surface area contributed by atoms with Crippen molar-refractivity contribution in [1.82, 2.24) is 0 Å². The van der Waals surface area contributed by atoms with Crippen LogP contribution in [0.2, 0.25) is 5.02 Å². The maximum absolute atomic E-state index is 13.5. The van der Waals surface area contributed by atoms with E-state index in [9.17, 15) is 19.3 Å². The molecule has 2 aromatic carbocycles. The largest absolute Gasteiger partial charge is 0.396 e. The molecule has 0 heterocycles. The van der Waals surface area contributed by atoms with Crippen LogP contribution in [0.1, 0.15) is 29.3 Å². The zero-order valence-corrected chi connectivity index (χ0v) is 17.9. The van der Waals surface area contributed by atoms with Crippen molar-refractivity contribution >= 4 is 60.6 Å². The van der Waals surface area contributed by atoms with Gasteiger partial charge in [-0.2, -0.15) is 0 Å². The van der Waals surface area contributed by atoms with Gasteiger partial charge < -0.3 is 10.4 Å². The minimum atomic E-state index is -0.670. The van der Waals surface area contributed by atoms with Gasteiger partial charge in [0.15, 0.2) is 5.78 Å². The van der Waals surface area contributed by atoms with Gasteiger partial charge in [-0.25, -0.2) is 4.39 Å². The predicted molar refractivity (Wildman–Crippen MR) is 108 cm³/mol. The number of nitro benzene ring substituents is 1. The van der Waals surface area contributed by atoms with Gasteiger partial charge in [0, 0.05) is 22.7 Å². The van der Waals surface area contributed by atoms with Crippen molar-refractivity contribution < 1.29 is 19.2 Å². The molecule has 0 spiro atoms. The third kappa shape index (κ3) is 4.84. The van der Waals surface area contributed by atoms with Gasteiger partial charge in [0.05, 0.1) is 15.5 Å². The lowest BCUT2D eigenvalue weighted by molar-refractivity contribution is -0.384. The molecule has 144 valence electrons. The van der Waals surface area contributed by atoms with E-state index in [0.29, 0.717) is 6.42 Å². The summed E-state index contributed by atoms with van der Waals surface area (Å²) >= 11 is 12.4. The molecule has 0 aliphatic carbocycles. The SMILES string of the molecule is C[C@H](CCO)Nc1cc(Br)c(C(=O)c2cc(F)ccc2Cl)c(Br)c1[N+](=O)[O-]. The molecule has 0 aliphatic rings. The molecule has 2 N–H and O–H groups in total. The first kappa shape index (κ1) is 21.7. The molecule has 6 nitrogen and oxygen atoms in total. The van der Waals surface area contributed by atoms with E-state index in [1.807, 2.05) is 0 Å². The fourth-order valence-electron chi connectivity index (χ4n) is 2.44. The van der Waals surface area contributed by atoms with Crippen LogP contribution in [0.25, 0.3) is 0 Å². The number of carbonyl (C=O) groups is 1. The molecule has 27 heavy (non-hydrogen) atoms.